The smallest absolute Gasteiger partial charge is 0.123 e. The number of hydrogen-bond acceptors (Lipinski definition) is 1. The fourth-order valence-electron chi connectivity index (χ4n) is 2.14. The Hall–Kier alpha value is -2.02. The fraction of sp³-hybridized carbons (Fsp3) is 0.0526. The van der Waals surface area contributed by atoms with Crippen LogP contribution in [-0.2, 0) is 11.1 Å². The molecule has 3 rings (SSSR count). The number of hydrogen-bond donors (Lipinski definition) is 0. The maximum absolute atomic E-state index is 13.0. The second-order valence-corrected chi connectivity index (χ2v) is 6.75. The average molecular weight is 310 g/mol. The lowest BCUT2D eigenvalue weighted by Gasteiger charge is -2.18. The van der Waals surface area contributed by atoms with E-state index < -0.39 is 8.15 Å². The second kappa shape index (κ2) is 7.31. The first-order valence-corrected chi connectivity index (χ1v) is 8.36. The van der Waals surface area contributed by atoms with Gasteiger partial charge in [-0.05, 0) is 17.7 Å². The summed E-state index contributed by atoms with van der Waals surface area (Å²) < 4.78 is 19.2. The van der Waals surface area contributed by atoms with Gasteiger partial charge in [0.25, 0.3) is 0 Å². The highest BCUT2D eigenvalue weighted by Gasteiger charge is 2.14. The first-order valence-electron chi connectivity index (χ1n) is 7.10. The molecule has 0 fully saturated rings. The van der Waals surface area contributed by atoms with Crippen molar-refractivity contribution in [2.75, 3.05) is 0 Å². The minimum atomic E-state index is -0.876. The normalized spacial score (nSPS) is 10.8. The minimum absolute atomic E-state index is 0.225. The van der Waals surface area contributed by atoms with Crippen molar-refractivity contribution >= 4 is 18.8 Å². The highest BCUT2D eigenvalue weighted by molar-refractivity contribution is 7.68. The van der Waals surface area contributed by atoms with E-state index in [-0.39, 0.29) is 5.82 Å². The van der Waals surface area contributed by atoms with Gasteiger partial charge in [-0.3, -0.25) is 0 Å². The molecule has 3 aromatic carbocycles. The molecule has 0 bridgehead atoms. The highest BCUT2D eigenvalue weighted by Crippen LogP contribution is 2.35. The maximum atomic E-state index is 13.0. The molecule has 0 saturated carbocycles. The molecular weight excluding hydrogens is 294 g/mol. The van der Waals surface area contributed by atoms with E-state index in [2.05, 4.69) is 24.3 Å². The standard InChI is InChI=1S/C19H16FOP/c20-17-13-11-16(12-14-17)15-21-22(18-7-3-1-4-8-18)19-9-5-2-6-10-19/h1-14H,15H2. The summed E-state index contributed by atoms with van der Waals surface area (Å²) in [6.07, 6.45) is 0. The van der Waals surface area contributed by atoms with E-state index in [4.69, 9.17) is 4.52 Å². The summed E-state index contributed by atoms with van der Waals surface area (Å²) >= 11 is 0. The monoisotopic (exact) mass is 310 g/mol. The van der Waals surface area contributed by atoms with Gasteiger partial charge in [0, 0.05) is 10.6 Å². The van der Waals surface area contributed by atoms with E-state index in [1.807, 2.05) is 36.4 Å². The molecule has 0 atom stereocenters. The molecule has 0 aliphatic heterocycles. The van der Waals surface area contributed by atoms with Crippen molar-refractivity contribution in [1.29, 1.82) is 0 Å². The van der Waals surface area contributed by atoms with Crippen LogP contribution in [0.25, 0.3) is 0 Å². The quantitative estimate of drug-likeness (QED) is 0.635. The van der Waals surface area contributed by atoms with Crippen molar-refractivity contribution in [3.63, 3.8) is 0 Å². The van der Waals surface area contributed by atoms with Crippen LogP contribution in [0.2, 0.25) is 0 Å². The van der Waals surface area contributed by atoms with Crippen LogP contribution in [0.5, 0.6) is 0 Å². The lowest BCUT2D eigenvalue weighted by molar-refractivity contribution is 0.350. The van der Waals surface area contributed by atoms with Gasteiger partial charge in [-0.2, -0.15) is 0 Å². The minimum Gasteiger partial charge on any atom is -0.345 e. The number of halogens is 1. The van der Waals surface area contributed by atoms with E-state index in [0.29, 0.717) is 6.61 Å². The molecule has 0 radical (unpaired) electrons. The average Bonchev–Trinajstić information content (AvgIpc) is 2.59. The Morgan fingerprint density at radius 3 is 1.68 bits per heavy atom. The summed E-state index contributed by atoms with van der Waals surface area (Å²) in [6, 6.07) is 26.9. The summed E-state index contributed by atoms with van der Waals surface area (Å²) in [5.41, 5.74) is 0.973. The summed E-state index contributed by atoms with van der Waals surface area (Å²) in [4.78, 5) is 0. The molecule has 0 unspecified atom stereocenters. The van der Waals surface area contributed by atoms with Gasteiger partial charge in [0.2, 0.25) is 0 Å². The topological polar surface area (TPSA) is 9.23 Å². The summed E-state index contributed by atoms with van der Waals surface area (Å²) in [6.45, 7) is 0.468. The maximum Gasteiger partial charge on any atom is 0.123 e. The fourth-order valence-corrected chi connectivity index (χ4v) is 3.90. The van der Waals surface area contributed by atoms with Crippen LogP contribution in [0.1, 0.15) is 5.56 Å². The molecule has 0 aliphatic rings. The zero-order chi connectivity index (χ0) is 15.2. The molecule has 3 heteroatoms. The second-order valence-electron chi connectivity index (χ2n) is 4.87. The molecule has 0 N–H and O–H groups in total. The third-order valence-corrected chi connectivity index (χ3v) is 5.18. The van der Waals surface area contributed by atoms with Crippen LogP contribution in [-0.4, -0.2) is 0 Å². The van der Waals surface area contributed by atoms with Crippen LogP contribution in [0.3, 0.4) is 0 Å². The predicted octanol–water partition coefficient (Wildman–Crippen LogP) is 4.39. The summed E-state index contributed by atoms with van der Waals surface area (Å²) in [5.74, 6) is -0.225. The molecule has 3 aromatic rings. The molecule has 22 heavy (non-hydrogen) atoms. The largest absolute Gasteiger partial charge is 0.345 e. The first kappa shape index (κ1) is 14.9. The molecule has 0 amide bonds. The van der Waals surface area contributed by atoms with Crippen molar-refractivity contribution in [2.45, 2.75) is 6.61 Å². The van der Waals surface area contributed by atoms with Crippen LogP contribution >= 0.6 is 8.15 Å². The molecular formula is C19H16FOP. The van der Waals surface area contributed by atoms with Gasteiger partial charge >= 0.3 is 0 Å². The van der Waals surface area contributed by atoms with Crippen molar-refractivity contribution in [1.82, 2.24) is 0 Å². The Bertz CT molecular complexity index is 659. The molecule has 1 nitrogen and oxygen atoms in total. The van der Waals surface area contributed by atoms with Gasteiger partial charge in [-0.25, -0.2) is 4.39 Å². The van der Waals surface area contributed by atoms with Crippen molar-refractivity contribution in [3.8, 4) is 0 Å². The van der Waals surface area contributed by atoms with Gasteiger partial charge in [0.1, 0.15) is 5.82 Å². The SMILES string of the molecule is Fc1ccc(COP(c2ccccc2)c2ccccc2)cc1. The van der Waals surface area contributed by atoms with Crippen LogP contribution < -0.4 is 10.6 Å². The summed E-state index contributed by atoms with van der Waals surface area (Å²) in [5, 5.41) is 2.34. The van der Waals surface area contributed by atoms with E-state index >= 15 is 0 Å². The van der Waals surface area contributed by atoms with Crippen LogP contribution in [0.15, 0.2) is 84.9 Å². The zero-order valence-electron chi connectivity index (χ0n) is 12.0. The lowest BCUT2D eigenvalue weighted by atomic mass is 10.2. The Morgan fingerprint density at radius 2 is 1.18 bits per heavy atom. The van der Waals surface area contributed by atoms with E-state index in [1.165, 1.54) is 22.7 Å². The van der Waals surface area contributed by atoms with E-state index in [9.17, 15) is 4.39 Å². The van der Waals surface area contributed by atoms with Crippen LogP contribution in [0, 0.1) is 5.82 Å². The zero-order valence-corrected chi connectivity index (χ0v) is 12.9. The molecule has 0 saturated heterocycles. The lowest BCUT2D eigenvalue weighted by Crippen LogP contribution is -2.13. The van der Waals surface area contributed by atoms with Crippen LogP contribution in [0.4, 0.5) is 4.39 Å². The van der Waals surface area contributed by atoms with Gasteiger partial charge in [0.15, 0.2) is 0 Å². The Kier molecular flexibility index (Phi) is 4.95. The van der Waals surface area contributed by atoms with E-state index in [1.54, 1.807) is 12.1 Å². The van der Waals surface area contributed by atoms with Gasteiger partial charge in [-0.1, -0.05) is 72.8 Å². The van der Waals surface area contributed by atoms with Crippen molar-refractivity contribution in [3.05, 3.63) is 96.3 Å². The Labute approximate surface area is 131 Å². The molecule has 0 aromatic heterocycles. The van der Waals surface area contributed by atoms with Crippen molar-refractivity contribution < 1.29 is 8.91 Å². The van der Waals surface area contributed by atoms with Gasteiger partial charge in [-0.15, -0.1) is 0 Å². The third kappa shape index (κ3) is 3.79. The molecule has 0 aliphatic carbocycles. The number of rotatable bonds is 5. The molecule has 0 heterocycles. The highest BCUT2D eigenvalue weighted by atomic mass is 31.1. The first-order chi connectivity index (χ1) is 10.8. The third-order valence-electron chi connectivity index (χ3n) is 3.25. The molecule has 110 valence electrons. The van der Waals surface area contributed by atoms with Crippen molar-refractivity contribution in [2.24, 2.45) is 0 Å². The van der Waals surface area contributed by atoms with Gasteiger partial charge < -0.3 is 4.52 Å². The number of benzene rings is 3. The summed E-state index contributed by atoms with van der Waals surface area (Å²) in [7, 11) is -0.876. The Morgan fingerprint density at radius 1 is 0.682 bits per heavy atom. The predicted molar refractivity (Wildman–Crippen MR) is 90.3 cm³/mol. The molecule has 0 spiro atoms. The van der Waals surface area contributed by atoms with E-state index in [0.717, 1.165) is 5.56 Å². The Balaban J connectivity index is 1.81. The van der Waals surface area contributed by atoms with Gasteiger partial charge in [0.05, 0.1) is 14.8 Å².